The van der Waals surface area contributed by atoms with Gasteiger partial charge in [-0.1, -0.05) is 47.5 Å². The van der Waals surface area contributed by atoms with Gasteiger partial charge >= 0.3 is 0 Å². The van der Waals surface area contributed by atoms with E-state index in [0.717, 1.165) is 16.8 Å². The van der Waals surface area contributed by atoms with Gasteiger partial charge in [0.05, 0.1) is 10.0 Å². The zero-order chi connectivity index (χ0) is 19.4. The molecule has 2 aromatic carbocycles. The van der Waals surface area contributed by atoms with Gasteiger partial charge in [0.25, 0.3) is 0 Å². The van der Waals surface area contributed by atoms with Gasteiger partial charge in [-0.05, 0) is 35.7 Å². The molecule has 0 atom stereocenters. The number of anilines is 1. The smallest absolute Gasteiger partial charge is 0.243 e. The van der Waals surface area contributed by atoms with Crippen LogP contribution in [0, 0.1) is 0 Å². The second-order valence-electron chi connectivity index (χ2n) is 6.78. The van der Waals surface area contributed by atoms with E-state index < -0.39 is 11.4 Å². The number of primary amides is 1. The Morgan fingerprint density at radius 2 is 1.70 bits per heavy atom. The van der Waals surface area contributed by atoms with Gasteiger partial charge in [0.1, 0.15) is 5.54 Å². The minimum atomic E-state index is -1.03. The number of benzene rings is 2. The molecule has 1 aliphatic carbocycles. The quantitative estimate of drug-likeness (QED) is 0.617. The number of halogens is 2. The molecule has 5 nitrogen and oxygen atoms in total. The van der Waals surface area contributed by atoms with Gasteiger partial charge in [0.2, 0.25) is 11.8 Å². The van der Waals surface area contributed by atoms with Crippen LogP contribution >= 0.6 is 23.2 Å². The highest BCUT2D eigenvalue weighted by atomic mass is 35.5. The Kier molecular flexibility index (Phi) is 5.92. The Labute approximate surface area is 168 Å². The van der Waals surface area contributed by atoms with E-state index in [0.29, 0.717) is 42.3 Å². The molecule has 142 valence electrons. The second-order valence-corrected chi connectivity index (χ2v) is 7.59. The Balaban J connectivity index is 1.51. The van der Waals surface area contributed by atoms with E-state index in [-0.39, 0.29) is 5.91 Å². The highest BCUT2D eigenvalue weighted by molar-refractivity contribution is 6.42. The molecule has 2 amide bonds. The Morgan fingerprint density at radius 3 is 2.30 bits per heavy atom. The van der Waals surface area contributed by atoms with Crippen molar-refractivity contribution in [3.05, 3.63) is 63.6 Å². The molecule has 0 radical (unpaired) electrons. The first-order chi connectivity index (χ1) is 12.9. The second kappa shape index (κ2) is 8.19. The predicted octanol–water partition coefficient (Wildman–Crippen LogP) is 3.32. The van der Waals surface area contributed by atoms with E-state index in [1.54, 1.807) is 12.1 Å². The summed E-state index contributed by atoms with van der Waals surface area (Å²) < 4.78 is 0. The van der Waals surface area contributed by atoms with Gasteiger partial charge in [-0.15, -0.1) is 0 Å². The molecule has 0 unspecified atom stereocenters. The maximum Gasteiger partial charge on any atom is 0.243 e. The molecular weight excluding hydrogens is 385 g/mol. The highest BCUT2D eigenvalue weighted by Crippen LogP contribution is 2.30. The number of nitrogens with one attached hydrogen (secondary N) is 2. The van der Waals surface area contributed by atoms with Crippen molar-refractivity contribution < 1.29 is 9.59 Å². The summed E-state index contributed by atoms with van der Waals surface area (Å²) in [6.07, 6.45) is 1.77. The number of rotatable bonds is 7. The molecular formula is C20H21Cl2N3O2. The monoisotopic (exact) mass is 405 g/mol. The van der Waals surface area contributed by atoms with Crippen LogP contribution in [0.2, 0.25) is 10.0 Å². The van der Waals surface area contributed by atoms with Crippen molar-refractivity contribution in [2.45, 2.75) is 31.2 Å². The van der Waals surface area contributed by atoms with Crippen molar-refractivity contribution in [3.8, 4) is 0 Å². The summed E-state index contributed by atoms with van der Waals surface area (Å²) >= 11 is 11.9. The van der Waals surface area contributed by atoms with Crippen LogP contribution in [0.25, 0.3) is 0 Å². The first kappa shape index (κ1) is 19.5. The Morgan fingerprint density at radius 1 is 1.04 bits per heavy atom. The molecule has 0 bridgehead atoms. The average molecular weight is 406 g/mol. The van der Waals surface area contributed by atoms with Gasteiger partial charge in [-0.2, -0.15) is 0 Å². The van der Waals surface area contributed by atoms with Crippen LogP contribution < -0.4 is 16.4 Å². The molecule has 0 heterocycles. The summed E-state index contributed by atoms with van der Waals surface area (Å²) in [6.45, 7) is 0.592. The molecule has 3 rings (SSSR count). The summed E-state index contributed by atoms with van der Waals surface area (Å²) in [5.41, 5.74) is 7.54. The lowest BCUT2D eigenvalue weighted by molar-refractivity contribution is -0.131. The number of fused-ring (bicyclic) bond motifs is 1. The van der Waals surface area contributed by atoms with Gasteiger partial charge in [-0.3, -0.25) is 9.59 Å². The molecule has 0 aliphatic heterocycles. The molecule has 0 fully saturated rings. The molecule has 0 saturated heterocycles. The summed E-state index contributed by atoms with van der Waals surface area (Å²) in [4.78, 5) is 24.5. The number of hydrogen-bond donors (Lipinski definition) is 3. The van der Waals surface area contributed by atoms with Crippen molar-refractivity contribution in [3.63, 3.8) is 0 Å². The van der Waals surface area contributed by atoms with E-state index in [9.17, 15) is 9.59 Å². The highest BCUT2D eigenvalue weighted by Gasteiger charge is 2.43. The van der Waals surface area contributed by atoms with Crippen LogP contribution in [0.1, 0.15) is 24.0 Å². The van der Waals surface area contributed by atoms with Crippen molar-refractivity contribution in [2.24, 2.45) is 5.73 Å². The summed E-state index contributed by atoms with van der Waals surface area (Å²) in [6, 6.07) is 13.1. The number of carbonyl (C=O) groups is 2. The lowest BCUT2D eigenvalue weighted by Gasteiger charge is -2.26. The zero-order valence-electron chi connectivity index (χ0n) is 14.7. The van der Waals surface area contributed by atoms with Gasteiger partial charge < -0.3 is 16.4 Å². The fourth-order valence-electron chi connectivity index (χ4n) is 3.36. The minimum absolute atomic E-state index is 0.183. The van der Waals surface area contributed by atoms with Crippen LogP contribution in [0.4, 0.5) is 5.69 Å². The number of nitrogens with two attached hydrogens (primary N) is 1. The summed E-state index contributed by atoms with van der Waals surface area (Å²) in [5.74, 6) is -0.682. The van der Waals surface area contributed by atoms with Crippen LogP contribution in [0.3, 0.4) is 0 Å². The molecule has 7 heteroatoms. The molecule has 0 spiro atoms. The van der Waals surface area contributed by atoms with E-state index in [1.807, 2.05) is 30.3 Å². The topological polar surface area (TPSA) is 84.2 Å². The third-order valence-corrected chi connectivity index (χ3v) is 5.52. The number of amides is 2. The molecule has 0 saturated carbocycles. The zero-order valence-corrected chi connectivity index (χ0v) is 16.2. The van der Waals surface area contributed by atoms with E-state index >= 15 is 0 Å². The molecule has 2 aromatic rings. The predicted molar refractivity (Wildman–Crippen MR) is 108 cm³/mol. The number of hydrogen-bond acceptors (Lipinski definition) is 3. The molecule has 27 heavy (non-hydrogen) atoms. The van der Waals surface area contributed by atoms with E-state index in [1.165, 1.54) is 0 Å². The Bertz CT molecular complexity index is 845. The normalized spacial score (nSPS) is 14.4. The van der Waals surface area contributed by atoms with E-state index in [4.69, 9.17) is 28.9 Å². The molecule has 4 N–H and O–H groups in total. The first-order valence-electron chi connectivity index (χ1n) is 8.76. The van der Waals surface area contributed by atoms with Crippen LogP contribution in [0.15, 0.2) is 42.5 Å². The van der Waals surface area contributed by atoms with Crippen molar-refractivity contribution in [1.82, 2.24) is 5.32 Å². The van der Waals surface area contributed by atoms with Crippen LogP contribution in [-0.2, 0) is 22.4 Å². The van der Waals surface area contributed by atoms with Gasteiger partial charge in [0, 0.05) is 31.5 Å². The Hall–Kier alpha value is -2.24. The SMILES string of the molecule is NC(=O)C1(NC(=O)CCCNc2ccc(Cl)c(Cl)c2)Cc2ccccc2C1. The summed E-state index contributed by atoms with van der Waals surface area (Å²) in [7, 11) is 0. The standard InChI is InChI=1S/C20H21Cl2N3O2/c21-16-8-7-15(10-17(16)22)24-9-3-6-18(26)25-20(19(23)27)11-13-4-1-2-5-14(13)12-20/h1-2,4-5,7-8,10,24H,3,6,9,11-12H2,(H2,23,27)(H,25,26). The van der Waals surface area contributed by atoms with Crippen molar-refractivity contribution in [2.75, 3.05) is 11.9 Å². The van der Waals surface area contributed by atoms with Crippen molar-refractivity contribution >= 4 is 40.7 Å². The van der Waals surface area contributed by atoms with E-state index in [2.05, 4.69) is 10.6 Å². The lowest BCUT2D eigenvalue weighted by atomic mass is 9.94. The third-order valence-electron chi connectivity index (χ3n) is 4.78. The van der Waals surface area contributed by atoms with Gasteiger partial charge in [-0.25, -0.2) is 0 Å². The minimum Gasteiger partial charge on any atom is -0.385 e. The maximum absolute atomic E-state index is 12.4. The van der Waals surface area contributed by atoms with Crippen LogP contribution in [-0.4, -0.2) is 23.9 Å². The van der Waals surface area contributed by atoms with Crippen molar-refractivity contribution in [1.29, 1.82) is 0 Å². The lowest BCUT2D eigenvalue weighted by Crippen LogP contribution is -2.58. The molecule has 0 aromatic heterocycles. The molecule has 1 aliphatic rings. The van der Waals surface area contributed by atoms with Crippen LogP contribution in [0.5, 0.6) is 0 Å². The largest absolute Gasteiger partial charge is 0.385 e. The van der Waals surface area contributed by atoms with Gasteiger partial charge in [0.15, 0.2) is 0 Å². The fraction of sp³-hybridized carbons (Fsp3) is 0.300. The third kappa shape index (κ3) is 4.54. The first-order valence-corrected chi connectivity index (χ1v) is 9.52. The maximum atomic E-state index is 12.4. The average Bonchev–Trinajstić information content (AvgIpc) is 3.01. The fourth-order valence-corrected chi connectivity index (χ4v) is 3.65. The summed E-state index contributed by atoms with van der Waals surface area (Å²) in [5, 5.41) is 7.04. The number of carbonyl (C=O) groups excluding carboxylic acids is 2.